The molecular weight excluding hydrogens is 442 g/mol. The minimum atomic E-state index is -3.67. The van der Waals surface area contributed by atoms with Crippen molar-refractivity contribution in [1.82, 2.24) is 14.5 Å². The minimum Gasteiger partial charge on any atom is -0.496 e. The molecule has 0 spiro atoms. The van der Waals surface area contributed by atoms with Crippen molar-refractivity contribution in [2.75, 3.05) is 33.3 Å². The molecule has 3 rings (SSSR count). The van der Waals surface area contributed by atoms with Gasteiger partial charge in [0.25, 0.3) is 11.8 Å². The first kappa shape index (κ1) is 24.7. The molecule has 1 saturated heterocycles. The summed E-state index contributed by atoms with van der Waals surface area (Å²) in [6.45, 7) is 7.16. The summed E-state index contributed by atoms with van der Waals surface area (Å²) >= 11 is 0. The minimum absolute atomic E-state index is 0.110. The molecule has 0 aromatic heterocycles. The Bertz CT molecular complexity index is 1110. The van der Waals surface area contributed by atoms with Crippen LogP contribution in [0.25, 0.3) is 0 Å². The summed E-state index contributed by atoms with van der Waals surface area (Å²) in [5.41, 5.74) is 0.307. The number of amides is 2. The SMILES string of the molecule is COc1ccccc1C(=O)N1CCCN(C(=O)c2ccc(S(=O)(=O)NC(C)(C)C)cc2)CC1. The van der Waals surface area contributed by atoms with Gasteiger partial charge in [0.15, 0.2) is 0 Å². The van der Waals surface area contributed by atoms with Crippen LogP contribution in [0.15, 0.2) is 53.4 Å². The molecule has 0 atom stereocenters. The van der Waals surface area contributed by atoms with Gasteiger partial charge in [0, 0.05) is 37.3 Å². The van der Waals surface area contributed by atoms with Crippen molar-refractivity contribution in [2.24, 2.45) is 0 Å². The molecule has 0 unspecified atom stereocenters. The first-order valence-corrected chi connectivity index (χ1v) is 12.4. The predicted molar refractivity (Wildman–Crippen MR) is 126 cm³/mol. The maximum absolute atomic E-state index is 13.0. The van der Waals surface area contributed by atoms with E-state index in [1.165, 1.54) is 31.4 Å². The molecule has 1 heterocycles. The van der Waals surface area contributed by atoms with E-state index < -0.39 is 15.6 Å². The van der Waals surface area contributed by atoms with Crippen LogP contribution in [-0.4, -0.2) is 68.9 Å². The molecule has 0 radical (unpaired) electrons. The maximum atomic E-state index is 13.0. The Morgan fingerprint density at radius 3 is 2.03 bits per heavy atom. The van der Waals surface area contributed by atoms with Crippen LogP contribution in [0.4, 0.5) is 0 Å². The number of nitrogens with one attached hydrogen (secondary N) is 1. The molecule has 2 amide bonds. The van der Waals surface area contributed by atoms with Crippen molar-refractivity contribution in [2.45, 2.75) is 37.6 Å². The van der Waals surface area contributed by atoms with E-state index in [1.807, 2.05) is 6.07 Å². The van der Waals surface area contributed by atoms with Gasteiger partial charge in [-0.1, -0.05) is 12.1 Å². The van der Waals surface area contributed by atoms with E-state index >= 15 is 0 Å². The van der Waals surface area contributed by atoms with E-state index in [0.29, 0.717) is 49.5 Å². The monoisotopic (exact) mass is 473 g/mol. The van der Waals surface area contributed by atoms with Crippen LogP contribution in [0.2, 0.25) is 0 Å². The highest BCUT2D eigenvalue weighted by Gasteiger charge is 2.26. The Hall–Kier alpha value is -2.91. The van der Waals surface area contributed by atoms with Crippen LogP contribution in [-0.2, 0) is 10.0 Å². The lowest BCUT2D eigenvalue weighted by atomic mass is 10.1. The number of nitrogens with zero attached hydrogens (tertiary/aromatic N) is 2. The lowest BCUT2D eigenvalue weighted by Crippen LogP contribution is -2.40. The van der Waals surface area contributed by atoms with Gasteiger partial charge in [0.2, 0.25) is 10.0 Å². The van der Waals surface area contributed by atoms with Gasteiger partial charge in [-0.2, -0.15) is 0 Å². The number of carbonyl (C=O) groups is 2. The van der Waals surface area contributed by atoms with Gasteiger partial charge >= 0.3 is 0 Å². The summed E-state index contributed by atoms with van der Waals surface area (Å²) < 4.78 is 32.9. The molecule has 1 N–H and O–H groups in total. The molecular formula is C24H31N3O5S. The summed E-state index contributed by atoms with van der Waals surface area (Å²) in [6, 6.07) is 13.0. The number of carbonyl (C=O) groups excluding carboxylic acids is 2. The first-order chi connectivity index (χ1) is 15.5. The van der Waals surface area contributed by atoms with Crippen LogP contribution >= 0.6 is 0 Å². The molecule has 0 saturated carbocycles. The van der Waals surface area contributed by atoms with Crippen molar-refractivity contribution in [3.05, 3.63) is 59.7 Å². The Morgan fingerprint density at radius 2 is 1.45 bits per heavy atom. The normalized spacial score (nSPS) is 15.2. The summed E-state index contributed by atoms with van der Waals surface area (Å²) in [4.78, 5) is 29.6. The Labute approximate surface area is 195 Å². The Balaban J connectivity index is 1.68. The lowest BCUT2D eigenvalue weighted by molar-refractivity contribution is 0.0717. The molecule has 1 fully saturated rings. The van der Waals surface area contributed by atoms with Gasteiger partial charge in [-0.15, -0.1) is 0 Å². The van der Waals surface area contributed by atoms with Gasteiger partial charge in [0.1, 0.15) is 5.75 Å². The van der Waals surface area contributed by atoms with Crippen LogP contribution < -0.4 is 9.46 Å². The summed E-state index contributed by atoms with van der Waals surface area (Å²) in [7, 11) is -2.14. The predicted octanol–water partition coefficient (Wildman–Crippen LogP) is 2.76. The molecule has 1 aliphatic rings. The van der Waals surface area contributed by atoms with E-state index in [1.54, 1.807) is 48.8 Å². The molecule has 33 heavy (non-hydrogen) atoms. The molecule has 178 valence electrons. The van der Waals surface area contributed by atoms with E-state index in [4.69, 9.17) is 4.74 Å². The Kier molecular flexibility index (Phi) is 7.44. The highest BCUT2D eigenvalue weighted by molar-refractivity contribution is 7.89. The van der Waals surface area contributed by atoms with Gasteiger partial charge in [-0.05, 0) is 63.6 Å². The van der Waals surface area contributed by atoms with E-state index in [-0.39, 0.29) is 16.7 Å². The zero-order valence-corrected chi connectivity index (χ0v) is 20.3. The van der Waals surface area contributed by atoms with Gasteiger partial charge in [0.05, 0.1) is 17.6 Å². The fraction of sp³-hybridized carbons (Fsp3) is 0.417. The average molecular weight is 474 g/mol. The van der Waals surface area contributed by atoms with Crippen molar-refractivity contribution in [3.8, 4) is 5.75 Å². The number of ether oxygens (including phenoxy) is 1. The second kappa shape index (κ2) is 9.93. The zero-order chi connectivity index (χ0) is 24.2. The van der Waals surface area contributed by atoms with E-state index in [9.17, 15) is 18.0 Å². The number of methoxy groups -OCH3 is 1. The lowest BCUT2D eigenvalue weighted by Gasteiger charge is -2.23. The van der Waals surface area contributed by atoms with Crippen molar-refractivity contribution in [3.63, 3.8) is 0 Å². The molecule has 2 aromatic rings. The fourth-order valence-corrected chi connectivity index (χ4v) is 5.15. The summed E-state index contributed by atoms with van der Waals surface area (Å²) in [6.07, 6.45) is 0.647. The molecule has 9 heteroatoms. The van der Waals surface area contributed by atoms with Crippen molar-refractivity contribution >= 4 is 21.8 Å². The maximum Gasteiger partial charge on any atom is 0.257 e. The van der Waals surface area contributed by atoms with Crippen LogP contribution in [0.3, 0.4) is 0 Å². The number of hydrogen-bond donors (Lipinski definition) is 1. The number of rotatable bonds is 5. The van der Waals surface area contributed by atoms with Crippen LogP contribution in [0.1, 0.15) is 47.9 Å². The van der Waals surface area contributed by atoms with E-state index in [2.05, 4.69) is 4.72 Å². The third kappa shape index (κ3) is 6.11. The first-order valence-electron chi connectivity index (χ1n) is 10.9. The third-order valence-corrected chi connectivity index (χ3v) is 7.03. The molecule has 0 aliphatic carbocycles. The summed E-state index contributed by atoms with van der Waals surface area (Å²) in [5.74, 6) is 0.215. The molecule has 1 aliphatic heterocycles. The Morgan fingerprint density at radius 1 is 0.879 bits per heavy atom. The van der Waals surface area contributed by atoms with Crippen LogP contribution in [0, 0.1) is 0 Å². The largest absolute Gasteiger partial charge is 0.496 e. The fourth-order valence-electron chi connectivity index (χ4n) is 3.74. The second-order valence-electron chi connectivity index (χ2n) is 9.02. The highest BCUT2D eigenvalue weighted by Crippen LogP contribution is 2.21. The van der Waals surface area contributed by atoms with Gasteiger partial charge in [-0.3, -0.25) is 9.59 Å². The average Bonchev–Trinajstić information content (AvgIpc) is 3.03. The molecule has 2 aromatic carbocycles. The standard InChI is InChI=1S/C24H31N3O5S/c1-24(2,3)25-33(30,31)19-12-10-18(11-13-19)22(28)26-14-7-15-27(17-16-26)23(29)20-8-5-6-9-21(20)32-4/h5-6,8-13,25H,7,14-17H2,1-4H3. The van der Waals surface area contributed by atoms with Crippen LogP contribution in [0.5, 0.6) is 5.75 Å². The summed E-state index contributed by atoms with van der Waals surface area (Å²) in [5, 5.41) is 0. The zero-order valence-electron chi connectivity index (χ0n) is 19.5. The topological polar surface area (TPSA) is 96.0 Å². The van der Waals surface area contributed by atoms with Gasteiger partial charge < -0.3 is 14.5 Å². The second-order valence-corrected chi connectivity index (χ2v) is 10.7. The number of para-hydroxylation sites is 1. The number of benzene rings is 2. The molecule has 8 nitrogen and oxygen atoms in total. The third-order valence-electron chi connectivity index (χ3n) is 5.26. The quantitative estimate of drug-likeness (QED) is 0.720. The highest BCUT2D eigenvalue weighted by atomic mass is 32.2. The number of hydrogen-bond acceptors (Lipinski definition) is 5. The van der Waals surface area contributed by atoms with E-state index in [0.717, 1.165) is 0 Å². The number of sulfonamides is 1. The van der Waals surface area contributed by atoms with Crippen molar-refractivity contribution < 1.29 is 22.7 Å². The molecule has 0 bridgehead atoms. The smallest absolute Gasteiger partial charge is 0.257 e. The van der Waals surface area contributed by atoms with Gasteiger partial charge in [-0.25, -0.2) is 13.1 Å². The van der Waals surface area contributed by atoms with Crippen molar-refractivity contribution in [1.29, 1.82) is 0 Å².